The molecule has 140 valence electrons. The van der Waals surface area contributed by atoms with Gasteiger partial charge in [0, 0.05) is 17.9 Å². The van der Waals surface area contributed by atoms with Gasteiger partial charge in [-0.1, -0.05) is 30.3 Å². The maximum Gasteiger partial charge on any atom is 0.251 e. The first-order valence-corrected chi connectivity index (χ1v) is 8.76. The van der Waals surface area contributed by atoms with Gasteiger partial charge >= 0.3 is 0 Å². The molecule has 2 amide bonds. The highest BCUT2D eigenvalue weighted by Gasteiger charge is 2.31. The molecule has 1 aliphatic rings. The van der Waals surface area contributed by atoms with Crippen LogP contribution in [-0.4, -0.2) is 24.5 Å². The molecule has 27 heavy (non-hydrogen) atoms. The van der Waals surface area contributed by atoms with Gasteiger partial charge in [0.05, 0.1) is 11.1 Å². The fourth-order valence-corrected chi connectivity index (χ4v) is 3.06. The van der Waals surface area contributed by atoms with Gasteiger partial charge in [-0.05, 0) is 48.4 Å². The Hall–Kier alpha value is -2.70. The number of rotatable bonds is 5. The van der Waals surface area contributed by atoms with Crippen molar-refractivity contribution in [1.29, 1.82) is 0 Å². The Morgan fingerprint density at radius 1 is 1.26 bits per heavy atom. The number of carbonyl (C=O) groups is 2. The lowest BCUT2D eigenvalue weighted by Crippen LogP contribution is -2.36. The van der Waals surface area contributed by atoms with Gasteiger partial charge in [0.15, 0.2) is 0 Å². The van der Waals surface area contributed by atoms with Gasteiger partial charge in [0.1, 0.15) is 11.9 Å². The van der Waals surface area contributed by atoms with Crippen molar-refractivity contribution in [3.8, 4) is 0 Å². The van der Waals surface area contributed by atoms with E-state index in [0.717, 1.165) is 6.08 Å². The van der Waals surface area contributed by atoms with Crippen molar-refractivity contribution in [3.63, 3.8) is 0 Å². The zero-order valence-corrected chi connectivity index (χ0v) is 15.1. The van der Waals surface area contributed by atoms with Crippen LogP contribution in [0.2, 0.25) is 5.02 Å². The molecule has 0 aromatic heterocycles. The summed E-state index contributed by atoms with van der Waals surface area (Å²) in [4.78, 5) is 24.0. The molecule has 1 saturated heterocycles. The Morgan fingerprint density at radius 3 is 2.81 bits per heavy atom. The lowest BCUT2D eigenvalue weighted by Gasteiger charge is -2.20. The van der Waals surface area contributed by atoms with Crippen LogP contribution in [-0.2, 0) is 9.53 Å². The van der Waals surface area contributed by atoms with E-state index in [-0.39, 0.29) is 22.9 Å². The van der Waals surface area contributed by atoms with Crippen LogP contribution in [0.4, 0.5) is 10.1 Å². The number of halogens is 2. The maximum absolute atomic E-state index is 13.7. The van der Waals surface area contributed by atoms with Crippen molar-refractivity contribution in [2.75, 3.05) is 11.9 Å². The lowest BCUT2D eigenvalue weighted by molar-refractivity contribution is -0.111. The second-order valence-corrected chi connectivity index (χ2v) is 6.51. The largest absolute Gasteiger partial charge is 0.371 e. The molecule has 0 aliphatic carbocycles. The van der Waals surface area contributed by atoms with Gasteiger partial charge in [-0.2, -0.15) is 0 Å². The number of nitrogens with one attached hydrogen (secondary N) is 2. The molecule has 0 spiro atoms. The van der Waals surface area contributed by atoms with Crippen LogP contribution in [0.3, 0.4) is 0 Å². The molecule has 1 heterocycles. The van der Waals surface area contributed by atoms with E-state index < -0.39 is 11.9 Å². The fraction of sp³-hybridized carbons (Fsp3) is 0.200. The van der Waals surface area contributed by atoms with Crippen molar-refractivity contribution in [2.24, 2.45) is 0 Å². The number of hydrogen-bond donors (Lipinski definition) is 2. The minimum absolute atomic E-state index is 0.0377. The Balaban J connectivity index is 1.73. The molecule has 7 heteroatoms. The van der Waals surface area contributed by atoms with E-state index in [4.69, 9.17) is 16.3 Å². The SMILES string of the molecule is C=CC(=O)Nc1cccc(C(=O)N[C@@H]2CCO[C@H]2c2ccc(Cl)c(F)c2)c1. The number of amides is 2. The quantitative estimate of drug-likeness (QED) is 0.764. The second-order valence-electron chi connectivity index (χ2n) is 6.11. The van der Waals surface area contributed by atoms with Crippen LogP contribution < -0.4 is 10.6 Å². The summed E-state index contributed by atoms with van der Waals surface area (Å²) in [5.74, 6) is -1.19. The normalized spacial score (nSPS) is 18.7. The van der Waals surface area contributed by atoms with Crippen molar-refractivity contribution < 1.29 is 18.7 Å². The van der Waals surface area contributed by atoms with Gasteiger partial charge in [0.25, 0.3) is 5.91 Å². The van der Waals surface area contributed by atoms with Crippen molar-refractivity contribution >= 4 is 29.1 Å². The summed E-state index contributed by atoms with van der Waals surface area (Å²) in [7, 11) is 0. The highest BCUT2D eigenvalue weighted by atomic mass is 35.5. The zero-order chi connectivity index (χ0) is 19.4. The number of benzene rings is 2. The molecule has 2 atom stereocenters. The molecular formula is C20H18ClFN2O3. The first-order valence-electron chi connectivity index (χ1n) is 8.39. The van der Waals surface area contributed by atoms with Crippen molar-refractivity contribution in [2.45, 2.75) is 18.6 Å². The average Bonchev–Trinajstić information content (AvgIpc) is 3.12. The Labute approximate surface area is 161 Å². The molecule has 2 N–H and O–H groups in total. The molecule has 0 bridgehead atoms. The van der Waals surface area contributed by atoms with Gasteiger partial charge in [-0.25, -0.2) is 4.39 Å². The topological polar surface area (TPSA) is 67.4 Å². The molecule has 0 saturated carbocycles. The lowest BCUT2D eigenvalue weighted by atomic mass is 10.0. The fourth-order valence-electron chi connectivity index (χ4n) is 2.94. The molecule has 3 rings (SSSR count). The van der Waals surface area contributed by atoms with Crippen LogP contribution in [0.1, 0.15) is 28.4 Å². The highest BCUT2D eigenvalue weighted by molar-refractivity contribution is 6.30. The van der Waals surface area contributed by atoms with Gasteiger partial charge in [-0.3, -0.25) is 9.59 Å². The molecule has 2 aromatic carbocycles. The van der Waals surface area contributed by atoms with Crippen LogP contribution in [0, 0.1) is 5.82 Å². The number of anilines is 1. The van der Waals surface area contributed by atoms with Crippen molar-refractivity contribution in [1.82, 2.24) is 5.32 Å². The van der Waals surface area contributed by atoms with Crippen molar-refractivity contribution in [3.05, 3.63) is 77.1 Å². The predicted molar refractivity (Wildman–Crippen MR) is 101 cm³/mol. The number of hydrogen-bond acceptors (Lipinski definition) is 3. The summed E-state index contributed by atoms with van der Waals surface area (Å²) in [6, 6.07) is 10.7. The first-order chi connectivity index (χ1) is 13.0. The number of ether oxygens (including phenoxy) is 1. The number of carbonyl (C=O) groups excluding carboxylic acids is 2. The summed E-state index contributed by atoms with van der Waals surface area (Å²) >= 11 is 5.73. The third-order valence-electron chi connectivity index (χ3n) is 4.26. The maximum atomic E-state index is 13.7. The van der Waals surface area contributed by atoms with Gasteiger partial charge < -0.3 is 15.4 Å². The predicted octanol–water partition coefficient (Wildman–Crippen LogP) is 3.86. The van der Waals surface area contributed by atoms with Crippen LogP contribution >= 0.6 is 11.6 Å². The summed E-state index contributed by atoms with van der Waals surface area (Å²) in [6.07, 6.45) is 1.30. The van der Waals surface area contributed by atoms with E-state index in [1.54, 1.807) is 30.3 Å². The zero-order valence-electron chi connectivity index (χ0n) is 14.4. The Morgan fingerprint density at radius 2 is 2.07 bits per heavy atom. The summed E-state index contributed by atoms with van der Waals surface area (Å²) in [5, 5.41) is 5.57. The highest BCUT2D eigenvalue weighted by Crippen LogP contribution is 2.31. The van der Waals surface area contributed by atoms with E-state index in [1.807, 2.05) is 0 Å². The standard InChI is InChI=1S/C20H18ClFN2O3/c1-2-18(25)23-14-5-3-4-13(10-14)20(26)24-17-8-9-27-19(17)12-6-7-15(21)16(22)11-12/h2-7,10-11,17,19H,1,8-9H2,(H,23,25)(H,24,26)/t17-,19+/m1/s1. The minimum Gasteiger partial charge on any atom is -0.371 e. The van der Waals surface area contributed by atoms with E-state index in [2.05, 4.69) is 17.2 Å². The van der Waals surface area contributed by atoms with Crippen LogP contribution in [0.25, 0.3) is 0 Å². The molecule has 1 fully saturated rings. The van der Waals surface area contributed by atoms with Crippen LogP contribution in [0.5, 0.6) is 0 Å². The van der Waals surface area contributed by atoms with Gasteiger partial charge in [-0.15, -0.1) is 0 Å². The summed E-state index contributed by atoms with van der Waals surface area (Å²) in [6.45, 7) is 3.84. The molecular weight excluding hydrogens is 371 g/mol. The van der Waals surface area contributed by atoms with E-state index in [1.165, 1.54) is 12.1 Å². The molecule has 0 radical (unpaired) electrons. The minimum atomic E-state index is -0.527. The summed E-state index contributed by atoms with van der Waals surface area (Å²) in [5.41, 5.74) is 1.50. The molecule has 5 nitrogen and oxygen atoms in total. The smallest absolute Gasteiger partial charge is 0.251 e. The molecule has 0 unspecified atom stereocenters. The Bertz CT molecular complexity index is 887. The monoisotopic (exact) mass is 388 g/mol. The summed E-state index contributed by atoms with van der Waals surface area (Å²) < 4.78 is 19.4. The third kappa shape index (κ3) is 4.53. The van der Waals surface area contributed by atoms with E-state index >= 15 is 0 Å². The van der Waals surface area contributed by atoms with E-state index in [9.17, 15) is 14.0 Å². The average molecular weight is 389 g/mol. The van der Waals surface area contributed by atoms with Gasteiger partial charge in [0.2, 0.25) is 5.91 Å². The first kappa shape index (κ1) is 19.1. The van der Waals surface area contributed by atoms with E-state index in [0.29, 0.717) is 29.8 Å². The third-order valence-corrected chi connectivity index (χ3v) is 4.56. The second kappa shape index (κ2) is 8.33. The molecule has 2 aromatic rings. The van der Waals surface area contributed by atoms with Crippen LogP contribution in [0.15, 0.2) is 55.1 Å². The molecule has 1 aliphatic heterocycles. The Kier molecular flexibility index (Phi) is 5.88.